The molecule has 0 radical (unpaired) electrons. The third-order valence-corrected chi connectivity index (χ3v) is 2.44. The maximum Gasteiger partial charge on any atom is 0.169 e. The van der Waals surface area contributed by atoms with Crippen LogP contribution < -0.4 is 5.73 Å². The van der Waals surface area contributed by atoms with Gasteiger partial charge in [-0.2, -0.15) is 0 Å². The second kappa shape index (κ2) is 3.92. The molecule has 86 valence electrons. The molecule has 16 heavy (non-hydrogen) atoms. The molecule has 2 aromatic rings. The molecule has 7 heteroatoms. The normalized spacial score (nSPS) is 11.2. The summed E-state index contributed by atoms with van der Waals surface area (Å²) in [6.45, 7) is 4.65. The van der Waals surface area contributed by atoms with Crippen molar-refractivity contribution in [1.82, 2.24) is 29.8 Å². The first-order valence-corrected chi connectivity index (χ1v) is 5.11. The van der Waals surface area contributed by atoms with E-state index >= 15 is 0 Å². The van der Waals surface area contributed by atoms with E-state index < -0.39 is 0 Å². The van der Waals surface area contributed by atoms with Gasteiger partial charge in [-0.25, -0.2) is 4.68 Å². The second-order valence-electron chi connectivity index (χ2n) is 4.03. The minimum Gasteiger partial charge on any atom is -0.381 e. The molecular formula is C9H15N7. The van der Waals surface area contributed by atoms with E-state index in [1.54, 1.807) is 11.0 Å². The molecule has 0 aliphatic heterocycles. The molecule has 0 unspecified atom stereocenters. The van der Waals surface area contributed by atoms with E-state index in [1.165, 1.54) is 0 Å². The van der Waals surface area contributed by atoms with Crippen LogP contribution in [0, 0.1) is 0 Å². The molecule has 0 saturated carbocycles. The van der Waals surface area contributed by atoms with Gasteiger partial charge in [0.1, 0.15) is 12.9 Å². The number of anilines is 1. The van der Waals surface area contributed by atoms with Gasteiger partial charge in [-0.15, -0.1) is 15.3 Å². The Hall–Kier alpha value is -1.92. The highest BCUT2D eigenvalue weighted by atomic mass is 15.5. The van der Waals surface area contributed by atoms with Crippen LogP contribution in [0.5, 0.6) is 0 Å². The monoisotopic (exact) mass is 221 g/mol. The minimum absolute atomic E-state index is 0.281. The van der Waals surface area contributed by atoms with Crippen molar-refractivity contribution in [2.75, 3.05) is 5.73 Å². The zero-order valence-corrected chi connectivity index (χ0v) is 9.62. The molecule has 0 atom stereocenters. The summed E-state index contributed by atoms with van der Waals surface area (Å²) in [7, 11) is 1.89. The van der Waals surface area contributed by atoms with E-state index in [4.69, 9.17) is 5.73 Å². The summed E-state index contributed by atoms with van der Waals surface area (Å²) in [5, 5.41) is 15.7. The number of nitrogens with zero attached hydrogens (tertiary/aromatic N) is 6. The Labute approximate surface area is 93.3 Å². The van der Waals surface area contributed by atoms with Gasteiger partial charge in [0, 0.05) is 7.05 Å². The first-order valence-electron chi connectivity index (χ1n) is 5.11. The highest BCUT2D eigenvalue weighted by Crippen LogP contribution is 2.19. The van der Waals surface area contributed by atoms with Crippen LogP contribution in [0.3, 0.4) is 0 Å². The molecule has 0 spiro atoms. The van der Waals surface area contributed by atoms with E-state index in [-0.39, 0.29) is 5.92 Å². The van der Waals surface area contributed by atoms with Crippen molar-refractivity contribution >= 4 is 5.82 Å². The van der Waals surface area contributed by atoms with Crippen LogP contribution >= 0.6 is 0 Å². The first-order chi connectivity index (χ1) is 7.59. The van der Waals surface area contributed by atoms with E-state index in [2.05, 4.69) is 34.4 Å². The third kappa shape index (κ3) is 1.75. The molecule has 0 saturated heterocycles. The van der Waals surface area contributed by atoms with Crippen molar-refractivity contribution in [3.63, 3.8) is 0 Å². The van der Waals surface area contributed by atoms with Crippen LogP contribution in [0.15, 0.2) is 6.33 Å². The van der Waals surface area contributed by atoms with Crippen LogP contribution in [0.2, 0.25) is 0 Å². The maximum absolute atomic E-state index is 5.77. The topological polar surface area (TPSA) is 87.4 Å². The van der Waals surface area contributed by atoms with Crippen LogP contribution in [-0.4, -0.2) is 29.8 Å². The summed E-state index contributed by atoms with van der Waals surface area (Å²) >= 11 is 0. The fourth-order valence-corrected chi connectivity index (χ4v) is 1.63. The highest BCUT2D eigenvalue weighted by Gasteiger charge is 2.15. The number of nitrogen functional groups attached to an aromatic ring is 1. The maximum atomic E-state index is 5.77. The number of aryl methyl sites for hydroxylation is 1. The predicted molar refractivity (Wildman–Crippen MR) is 58.6 cm³/mol. The quantitative estimate of drug-likeness (QED) is 0.797. The van der Waals surface area contributed by atoms with Crippen LogP contribution in [0.25, 0.3) is 0 Å². The van der Waals surface area contributed by atoms with Gasteiger partial charge in [-0.3, -0.25) is 0 Å². The average molecular weight is 221 g/mol. The molecule has 0 bridgehead atoms. The summed E-state index contributed by atoms with van der Waals surface area (Å²) < 4.78 is 3.62. The van der Waals surface area contributed by atoms with Crippen molar-refractivity contribution in [2.24, 2.45) is 7.05 Å². The zero-order chi connectivity index (χ0) is 11.7. The SMILES string of the molecule is CC(C)c1c(N)nnn1Cc1nncn1C. The molecule has 0 aliphatic rings. The zero-order valence-electron chi connectivity index (χ0n) is 9.62. The van der Waals surface area contributed by atoms with Gasteiger partial charge in [0.25, 0.3) is 0 Å². The molecular weight excluding hydrogens is 206 g/mol. The Bertz CT molecular complexity index is 482. The lowest BCUT2D eigenvalue weighted by Crippen LogP contribution is -2.12. The summed E-state index contributed by atoms with van der Waals surface area (Å²) in [6.07, 6.45) is 1.66. The Morgan fingerprint density at radius 1 is 1.38 bits per heavy atom. The average Bonchev–Trinajstić information content (AvgIpc) is 2.75. The van der Waals surface area contributed by atoms with Gasteiger partial charge in [0.05, 0.1) is 5.69 Å². The highest BCUT2D eigenvalue weighted by molar-refractivity contribution is 5.35. The molecule has 0 aliphatic carbocycles. The summed E-state index contributed by atoms with van der Waals surface area (Å²) in [5.41, 5.74) is 6.71. The van der Waals surface area contributed by atoms with Crippen LogP contribution in [-0.2, 0) is 13.6 Å². The standard InChI is InChI=1S/C9H15N7/c1-6(2)8-9(10)13-14-16(8)4-7-12-11-5-15(7)3/h5-6H,4,10H2,1-3H3. The molecule has 0 aromatic carbocycles. The number of hydrogen-bond donors (Lipinski definition) is 1. The molecule has 2 aromatic heterocycles. The Balaban J connectivity index is 2.32. The van der Waals surface area contributed by atoms with Gasteiger partial charge in [-0.1, -0.05) is 19.1 Å². The van der Waals surface area contributed by atoms with Gasteiger partial charge in [0.15, 0.2) is 11.6 Å². The molecule has 2 rings (SSSR count). The van der Waals surface area contributed by atoms with E-state index in [0.29, 0.717) is 12.4 Å². The van der Waals surface area contributed by atoms with Crippen molar-refractivity contribution < 1.29 is 0 Å². The Morgan fingerprint density at radius 3 is 2.69 bits per heavy atom. The molecule has 7 nitrogen and oxygen atoms in total. The first kappa shape index (κ1) is 10.6. The molecule has 2 heterocycles. The van der Waals surface area contributed by atoms with Crippen LogP contribution in [0.1, 0.15) is 31.3 Å². The minimum atomic E-state index is 0.281. The lowest BCUT2D eigenvalue weighted by atomic mass is 10.1. The number of nitrogens with two attached hydrogens (primary N) is 1. The molecule has 0 fully saturated rings. The molecule has 0 amide bonds. The van der Waals surface area contributed by atoms with Gasteiger partial charge >= 0.3 is 0 Å². The van der Waals surface area contributed by atoms with Crippen LogP contribution in [0.4, 0.5) is 5.82 Å². The summed E-state index contributed by atoms with van der Waals surface area (Å²) in [5.74, 6) is 1.59. The number of aromatic nitrogens is 6. The number of hydrogen-bond acceptors (Lipinski definition) is 5. The fourth-order valence-electron chi connectivity index (χ4n) is 1.63. The van der Waals surface area contributed by atoms with Gasteiger partial charge in [0.2, 0.25) is 0 Å². The van der Waals surface area contributed by atoms with Gasteiger partial charge < -0.3 is 10.3 Å². The largest absolute Gasteiger partial charge is 0.381 e. The van der Waals surface area contributed by atoms with E-state index in [9.17, 15) is 0 Å². The van der Waals surface area contributed by atoms with Gasteiger partial charge in [-0.05, 0) is 5.92 Å². The smallest absolute Gasteiger partial charge is 0.169 e. The summed E-state index contributed by atoms with van der Waals surface area (Å²) in [4.78, 5) is 0. The fraction of sp³-hybridized carbons (Fsp3) is 0.556. The lowest BCUT2D eigenvalue weighted by Gasteiger charge is -2.08. The second-order valence-corrected chi connectivity index (χ2v) is 4.03. The lowest BCUT2D eigenvalue weighted by molar-refractivity contribution is 0.567. The van der Waals surface area contributed by atoms with E-state index in [0.717, 1.165) is 11.5 Å². The summed E-state index contributed by atoms with van der Waals surface area (Å²) in [6, 6.07) is 0. The van der Waals surface area contributed by atoms with E-state index in [1.807, 2.05) is 11.6 Å². The van der Waals surface area contributed by atoms with Crippen molar-refractivity contribution in [1.29, 1.82) is 0 Å². The third-order valence-electron chi connectivity index (χ3n) is 2.44. The predicted octanol–water partition coefficient (Wildman–Crippen LogP) is 0.160. The Morgan fingerprint density at radius 2 is 2.12 bits per heavy atom. The Kier molecular flexibility index (Phi) is 2.59. The van der Waals surface area contributed by atoms with Crippen molar-refractivity contribution in [3.05, 3.63) is 17.8 Å². The van der Waals surface area contributed by atoms with Crippen molar-refractivity contribution in [2.45, 2.75) is 26.3 Å². The van der Waals surface area contributed by atoms with Crippen molar-refractivity contribution in [3.8, 4) is 0 Å². The molecule has 2 N–H and O–H groups in total. The number of rotatable bonds is 3.